The molecule has 212 valence electrons. The minimum atomic E-state index is -0.777. The van der Waals surface area contributed by atoms with Gasteiger partial charge in [-0.2, -0.15) is 0 Å². The molecule has 3 N–H and O–H groups in total. The Labute approximate surface area is 255 Å². The van der Waals surface area contributed by atoms with Crippen LogP contribution in [0, 0.1) is 6.92 Å². The molecule has 8 nitrogen and oxygen atoms in total. The van der Waals surface area contributed by atoms with E-state index in [9.17, 15) is 14.4 Å². The monoisotopic (exact) mass is 619 g/mol. The number of halogens is 2. The summed E-state index contributed by atoms with van der Waals surface area (Å²) in [4.78, 5) is 44.2. The van der Waals surface area contributed by atoms with E-state index in [2.05, 4.69) is 5.32 Å². The number of carbonyl (C=O) groups is 3. The van der Waals surface area contributed by atoms with Gasteiger partial charge in [0.05, 0.1) is 34.8 Å². The predicted octanol–water partition coefficient (Wildman–Crippen LogP) is 7.46. The average Bonchev–Trinajstić information content (AvgIpc) is 3.31. The Morgan fingerprint density at radius 3 is 2.45 bits per heavy atom. The minimum Gasteiger partial charge on any atom is -0.495 e. The average molecular weight is 621 g/mol. The number of ether oxygens (including phenoxy) is 2. The number of aromatic nitrogens is 1. The number of ketones is 1. The fraction of sp³-hybridized carbons (Fsp3) is 0.0968. The van der Waals surface area contributed by atoms with Gasteiger partial charge in [0.2, 0.25) is 5.78 Å². The Morgan fingerprint density at radius 1 is 0.976 bits per heavy atom. The van der Waals surface area contributed by atoms with Gasteiger partial charge in [-0.05, 0) is 55.5 Å². The normalized spacial score (nSPS) is 10.9. The molecule has 0 bridgehead atoms. The van der Waals surface area contributed by atoms with E-state index in [1.165, 1.54) is 43.5 Å². The molecule has 0 unspecified atom stereocenters. The van der Waals surface area contributed by atoms with E-state index in [1.807, 2.05) is 43.3 Å². The van der Waals surface area contributed by atoms with E-state index in [1.54, 1.807) is 0 Å². The lowest BCUT2D eigenvalue weighted by atomic mass is 10.1. The van der Waals surface area contributed by atoms with Crippen molar-refractivity contribution in [1.82, 2.24) is 4.98 Å². The number of carbonyl (C=O) groups excluding carboxylic acids is 3. The fourth-order valence-electron chi connectivity index (χ4n) is 4.17. The number of hydrogen-bond donors (Lipinski definition) is 2. The molecule has 42 heavy (non-hydrogen) atoms. The number of methoxy groups -OCH3 is 1. The molecule has 5 aromatic rings. The third kappa shape index (κ3) is 6.08. The van der Waals surface area contributed by atoms with Gasteiger partial charge in [-0.15, -0.1) is 11.3 Å². The van der Waals surface area contributed by atoms with Crippen LogP contribution in [0.1, 0.15) is 36.0 Å². The van der Waals surface area contributed by atoms with Crippen LogP contribution in [0.3, 0.4) is 0 Å². The van der Waals surface area contributed by atoms with Crippen LogP contribution in [0.2, 0.25) is 10.0 Å². The maximum absolute atomic E-state index is 13.3. The smallest absolute Gasteiger partial charge is 0.338 e. The van der Waals surface area contributed by atoms with Gasteiger partial charge < -0.3 is 20.5 Å². The molecule has 11 heteroatoms. The fourth-order valence-corrected chi connectivity index (χ4v) is 5.67. The lowest BCUT2D eigenvalue weighted by Gasteiger charge is -2.12. The third-order valence-electron chi connectivity index (χ3n) is 6.40. The maximum atomic E-state index is 13.3. The summed E-state index contributed by atoms with van der Waals surface area (Å²) in [6, 6.07) is 20.5. The van der Waals surface area contributed by atoms with Gasteiger partial charge >= 0.3 is 5.97 Å². The van der Waals surface area contributed by atoms with Gasteiger partial charge in [0, 0.05) is 21.5 Å². The SMILES string of the molecule is COc1ccc(C(=O)OCC(=O)c2ccc(Cl)cc2Cl)cc1NC(=O)c1sc2nc(-c3ccc(C)cc3)ccc2c1N. The van der Waals surface area contributed by atoms with Crippen LogP contribution in [0.5, 0.6) is 5.75 Å². The van der Waals surface area contributed by atoms with Crippen molar-refractivity contribution in [2.75, 3.05) is 24.8 Å². The number of aryl methyl sites for hydroxylation is 1. The summed E-state index contributed by atoms with van der Waals surface area (Å²) in [5.41, 5.74) is 9.98. The summed E-state index contributed by atoms with van der Waals surface area (Å²) in [7, 11) is 1.43. The van der Waals surface area contributed by atoms with E-state index in [0.717, 1.165) is 28.2 Å². The van der Waals surface area contributed by atoms with Crippen molar-refractivity contribution in [2.24, 2.45) is 0 Å². The molecule has 5 rings (SSSR count). The number of pyridine rings is 1. The zero-order valence-electron chi connectivity index (χ0n) is 22.4. The van der Waals surface area contributed by atoms with Crippen molar-refractivity contribution < 1.29 is 23.9 Å². The van der Waals surface area contributed by atoms with Crippen LogP contribution in [-0.2, 0) is 4.74 Å². The molecule has 0 aliphatic carbocycles. The van der Waals surface area contributed by atoms with Crippen molar-refractivity contribution >= 4 is 73.8 Å². The van der Waals surface area contributed by atoms with Crippen molar-refractivity contribution in [3.63, 3.8) is 0 Å². The molecule has 0 aliphatic heterocycles. The number of Topliss-reactive ketones (excluding diaryl/α,β-unsaturated/α-hetero) is 1. The molecule has 2 aromatic heterocycles. The molecule has 0 spiro atoms. The molecule has 0 atom stereocenters. The number of benzene rings is 3. The van der Waals surface area contributed by atoms with Crippen LogP contribution in [0.15, 0.2) is 72.8 Å². The second-order valence-electron chi connectivity index (χ2n) is 9.25. The van der Waals surface area contributed by atoms with Crippen LogP contribution in [0.4, 0.5) is 11.4 Å². The molecule has 3 aromatic carbocycles. The number of nitrogens with zero attached hydrogens (tertiary/aromatic N) is 1. The summed E-state index contributed by atoms with van der Waals surface area (Å²) >= 11 is 13.1. The van der Waals surface area contributed by atoms with E-state index in [4.69, 9.17) is 43.4 Å². The zero-order valence-corrected chi connectivity index (χ0v) is 24.7. The van der Waals surface area contributed by atoms with Gasteiger partial charge in [0.15, 0.2) is 6.61 Å². The summed E-state index contributed by atoms with van der Waals surface area (Å²) in [5.74, 6) is -1.46. The van der Waals surface area contributed by atoms with Crippen molar-refractivity contribution in [1.29, 1.82) is 0 Å². The summed E-state index contributed by atoms with van der Waals surface area (Å²) in [5, 5.41) is 3.96. The van der Waals surface area contributed by atoms with Crippen LogP contribution >= 0.6 is 34.5 Å². The Kier molecular flexibility index (Phi) is 8.44. The number of rotatable bonds is 8. The Bertz CT molecular complexity index is 1850. The highest BCUT2D eigenvalue weighted by Gasteiger charge is 2.21. The first-order valence-corrected chi connectivity index (χ1v) is 14.1. The second kappa shape index (κ2) is 12.2. The minimum absolute atomic E-state index is 0.0924. The Morgan fingerprint density at radius 2 is 1.74 bits per heavy atom. The first-order chi connectivity index (χ1) is 20.1. The van der Waals surface area contributed by atoms with E-state index >= 15 is 0 Å². The number of nitrogens with two attached hydrogens (primary N) is 1. The molecular weight excluding hydrogens is 597 g/mol. The number of thiophene rings is 1. The Balaban J connectivity index is 1.34. The number of fused-ring (bicyclic) bond motifs is 1. The van der Waals surface area contributed by atoms with Gasteiger partial charge in [-0.1, -0.05) is 53.0 Å². The van der Waals surface area contributed by atoms with Gasteiger partial charge in [0.1, 0.15) is 15.5 Å². The highest BCUT2D eigenvalue weighted by Crippen LogP contribution is 2.36. The quantitative estimate of drug-likeness (QED) is 0.136. The summed E-state index contributed by atoms with van der Waals surface area (Å²) in [6.07, 6.45) is 0. The number of hydrogen-bond acceptors (Lipinski definition) is 8. The first kappa shape index (κ1) is 29.1. The number of nitrogens with one attached hydrogen (secondary N) is 1. The standard InChI is InChI=1S/C31H23Cl2N3O5S/c1-16-3-5-17(6-4-16)23-11-10-21-27(34)28(42-30(21)36-23)29(38)35-24-13-18(7-12-26(24)40-2)31(39)41-15-25(37)20-9-8-19(32)14-22(20)33/h3-14H,15,34H2,1-2H3,(H,35,38). The molecule has 0 saturated carbocycles. The second-order valence-corrected chi connectivity index (χ2v) is 11.1. The predicted molar refractivity (Wildman–Crippen MR) is 166 cm³/mol. The first-order valence-electron chi connectivity index (χ1n) is 12.6. The molecule has 0 saturated heterocycles. The third-order valence-corrected chi connectivity index (χ3v) is 8.06. The van der Waals surface area contributed by atoms with E-state index in [0.29, 0.717) is 26.7 Å². The van der Waals surface area contributed by atoms with Gasteiger partial charge in [-0.25, -0.2) is 9.78 Å². The maximum Gasteiger partial charge on any atom is 0.338 e. The van der Waals surface area contributed by atoms with Crippen molar-refractivity contribution in [3.8, 4) is 17.0 Å². The Hall–Kier alpha value is -4.44. The number of anilines is 2. The van der Waals surface area contributed by atoms with Crippen molar-refractivity contribution in [2.45, 2.75) is 6.92 Å². The summed E-state index contributed by atoms with van der Waals surface area (Å²) < 4.78 is 10.6. The number of esters is 1. The lowest BCUT2D eigenvalue weighted by Crippen LogP contribution is -2.16. The number of amides is 1. The molecule has 0 fully saturated rings. The van der Waals surface area contributed by atoms with Crippen LogP contribution < -0.4 is 15.8 Å². The molecule has 1 amide bonds. The zero-order chi connectivity index (χ0) is 30.0. The topological polar surface area (TPSA) is 121 Å². The highest BCUT2D eigenvalue weighted by molar-refractivity contribution is 7.21. The summed E-state index contributed by atoms with van der Waals surface area (Å²) in [6.45, 7) is 1.48. The highest BCUT2D eigenvalue weighted by atomic mass is 35.5. The molecule has 2 heterocycles. The van der Waals surface area contributed by atoms with Crippen molar-refractivity contribution in [3.05, 3.63) is 104 Å². The number of nitrogen functional groups attached to an aromatic ring is 1. The van der Waals surface area contributed by atoms with Gasteiger partial charge in [-0.3, -0.25) is 9.59 Å². The lowest BCUT2D eigenvalue weighted by molar-refractivity contribution is 0.0474. The largest absolute Gasteiger partial charge is 0.495 e. The van der Waals surface area contributed by atoms with E-state index < -0.39 is 24.3 Å². The van der Waals surface area contributed by atoms with Crippen LogP contribution in [-0.4, -0.2) is 36.4 Å². The molecule has 0 aliphatic rings. The molecular formula is C31H23Cl2N3O5S. The van der Waals surface area contributed by atoms with E-state index in [-0.39, 0.29) is 26.7 Å². The molecule has 0 radical (unpaired) electrons. The van der Waals surface area contributed by atoms with Gasteiger partial charge in [0.25, 0.3) is 5.91 Å². The van der Waals surface area contributed by atoms with Crippen LogP contribution in [0.25, 0.3) is 21.5 Å².